The standard InChI is InChI=1S/C17H24N4O3S/c1-3-8-24-10-12-9-20(2)16(22)14-5-7-21(6-4-13(12)14)17(23)15-11-25-19-18-15/h3,11-14H,1,4-10H2,2H3/t12-,13-,14-/m0/s1. The molecule has 2 aliphatic heterocycles. The maximum absolute atomic E-state index is 12.6. The van der Waals surface area contributed by atoms with Gasteiger partial charge in [0.05, 0.1) is 13.2 Å². The number of amides is 2. The summed E-state index contributed by atoms with van der Waals surface area (Å²) in [5.74, 6) is 0.605. The maximum atomic E-state index is 12.6. The number of aromatic nitrogens is 2. The number of hydrogen-bond acceptors (Lipinski definition) is 6. The number of carbonyl (C=O) groups excluding carboxylic acids is 2. The molecule has 25 heavy (non-hydrogen) atoms. The lowest BCUT2D eigenvalue weighted by molar-refractivity contribution is -0.144. The number of fused-ring (bicyclic) bond motifs is 1. The van der Waals surface area contributed by atoms with Crippen LogP contribution in [-0.4, -0.2) is 71.1 Å². The van der Waals surface area contributed by atoms with Gasteiger partial charge >= 0.3 is 0 Å². The molecule has 3 atom stereocenters. The quantitative estimate of drug-likeness (QED) is 0.581. The van der Waals surface area contributed by atoms with Crippen LogP contribution >= 0.6 is 11.5 Å². The van der Waals surface area contributed by atoms with Gasteiger partial charge in [0.15, 0.2) is 5.69 Å². The fraction of sp³-hybridized carbons (Fsp3) is 0.647. The van der Waals surface area contributed by atoms with E-state index in [9.17, 15) is 9.59 Å². The summed E-state index contributed by atoms with van der Waals surface area (Å²) >= 11 is 1.18. The lowest BCUT2D eigenvalue weighted by Gasteiger charge is -2.41. The zero-order valence-electron chi connectivity index (χ0n) is 14.5. The zero-order chi connectivity index (χ0) is 17.8. The monoisotopic (exact) mass is 364 g/mol. The van der Waals surface area contributed by atoms with E-state index in [-0.39, 0.29) is 23.7 Å². The molecule has 0 spiro atoms. The molecule has 0 unspecified atom stereocenters. The molecule has 0 saturated carbocycles. The first kappa shape index (κ1) is 18.0. The maximum Gasteiger partial charge on any atom is 0.275 e. The molecule has 7 nitrogen and oxygen atoms in total. The van der Waals surface area contributed by atoms with Crippen molar-refractivity contribution < 1.29 is 14.3 Å². The van der Waals surface area contributed by atoms with Crippen LogP contribution < -0.4 is 0 Å². The molecule has 1 aromatic heterocycles. The molecule has 3 heterocycles. The van der Waals surface area contributed by atoms with E-state index < -0.39 is 0 Å². The first-order valence-corrected chi connectivity index (χ1v) is 9.45. The van der Waals surface area contributed by atoms with Crippen LogP contribution in [0.3, 0.4) is 0 Å². The Balaban J connectivity index is 1.71. The van der Waals surface area contributed by atoms with Crippen LogP contribution in [0.2, 0.25) is 0 Å². The van der Waals surface area contributed by atoms with Gasteiger partial charge in [-0.3, -0.25) is 9.59 Å². The van der Waals surface area contributed by atoms with Crippen LogP contribution in [0.15, 0.2) is 18.0 Å². The van der Waals surface area contributed by atoms with Gasteiger partial charge in [-0.2, -0.15) is 0 Å². The largest absolute Gasteiger partial charge is 0.377 e. The first-order valence-electron chi connectivity index (χ1n) is 8.61. The summed E-state index contributed by atoms with van der Waals surface area (Å²) < 4.78 is 9.44. The highest BCUT2D eigenvalue weighted by atomic mass is 32.1. The van der Waals surface area contributed by atoms with E-state index in [0.29, 0.717) is 50.9 Å². The molecule has 0 N–H and O–H groups in total. The Kier molecular flexibility index (Phi) is 5.80. The second-order valence-electron chi connectivity index (χ2n) is 6.74. The van der Waals surface area contributed by atoms with Gasteiger partial charge in [0.1, 0.15) is 0 Å². The van der Waals surface area contributed by atoms with E-state index >= 15 is 0 Å². The lowest BCUT2D eigenvalue weighted by Crippen LogP contribution is -2.50. The third-order valence-corrected chi connectivity index (χ3v) is 5.71. The summed E-state index contributed by atoms with van der Waals surface area (Å²) in [5, 5.41) is 5.55. The van der Waals surface area contributed by atoms with Crippen molar-refractivity contribution in [3.05, 3.63) is 23.7 Å². The Morgan fingerprint density at radius 2 is 2.28 bits per heavy atom. The van der Waals surface area contributed by atoms with Gasteiger partial charge in [0.25, 0.3) is 5.91 Å². The number of ether oxygens (including phenoxy) is 1. The second-order valence-corrected chi connectivity index (χ2v) is 7.34. The summed E-state index contributed by atoms with van der Waals surface area (Å²) in [6.45, 7) is 6.75. The lowest BCUT2D eigenvalue weighted by atomic mass is 9.75. The highest BCUT2D eigenvalue weighted by molar-refractivity contribution is 7.03. The molecule has 2 amide bonds. The van der Waals surface area contributed by atoms with Crippen LogP contribution in [0.4, 0.5) is 0 Å². The van der Waals surface area contributed by atoms with Crippen LogP contribution in [0.1, 0.15) is 23.3 Å². The molecular formula is C17H24N4O3S. The van der Waals surface area contributed by atoms with Gasteiger partial charge in [-0.1, -0.05) is 10.6 Å². The fourth-order valence-electron chi connectivity index (χ4n) is 3.96. The molecule has 2 saturated heterocycles. The third kappa shape index (κ3) is 3.90. The number of rotatable bonds is 5. The first-order chi connectivity index (χ1) is 12.1. The number of hydrogen-bond donors (Lipinski definition) is 0. The predicted molar refractivity (Wildman–Crippen MR) is 94.2 cm³/mol. The van der Waals surface area contributed by atoms with Crippen molar-refractivity contribution >= 4 is 23.3 Å². The second kappa shape index (κ2) is 8.05. The van der Waals surface area contributed by atoms with Crippen molar-refractivity contribution in [2.75, 3.05) is 39.9 Å². The molecule has 136 valence electrons. The van der Waals surface area contributed by atoms with Crippen molar-refractivity contribution in [3.8, 4) is 0 Å². The number of likely N-dealkylation sites (tertiary alicyclic amines) is 2. The summed E-state index contributed by atoms with van der Waals surface area (Å²) in [7, 11) is 1.85. The van der Waals surface area contributed by atoms with Crippen molar-refractivity contribution in [1.82, 2.24) is 19.4 Å². The minimum absolute atomic E-state index is 0.0394. The molecule has 0 radical (unpaired) electrons. The van der Waals surface area contributed by atoms with Gasteiger partial charge in [-0.15, -0.1) is 11.7 Å². The molecule has 8 heteroatoms. The van der Waals surface area contributed by atoms with Gasteiger partial charge < -0.3 is 14.5 Å². The van der Waals surface area contributed by atoms with E-state index in [1.165, 1.54) is 11.5 Å². The predicted octanol–water partition coefficient (Wildman–Crippen LogP) is 1.30. The van der Waals surface area contributed by atoms with Crippen molar-refractivity contribution in [2.24, 2.45) is 17.8 Å². The smallest absolute Gasteiger partial charge is 0.275 e. The number of nitrogens with zero attached hydrogens (tertiary/aromatic N) is 4. The van der Waals surface area contributed by atoms with Crippen molar-refractivity contribution in [1.29, 1.82) is 0 Å². The molecule has 0 aromatic carbocycles. The average molecular weight is 364 g/mol. The molecule has 1 aromatic rings. The Morgan fingerprint density at radius 1 is 1.48 bits per heavy atom. The topological polar surface area (TPSA) is 75.6 Å². The van der Waals surface area contributed by atoms with E-state index in [1.807, 2.05) is 16.8 Å². The van der Waals surface area contributed by atoms with E-state index in [4.69, 9.17) is 4.74 Å². The Bertz CT molecular complexity index is 621. The van der Waals surface area contributed by atoms with Crippen LogP contribution in [0.5, 0.6) is 0 Å². The SMILES string of the molecule is C=CCOC[C@@H]1CN(C)C(=O)[C@H]2CCN(C(=O)c3csnn3)CC[C@@H]12. The van der Waals surface area contributed by atoms with Crippen LogP contribution in [0, 0.1) is 17.8 Å². The third-order valence-electron chi connectivity index (χ3n) is 5.20. The van der Waals surface area contributed by atoms with E-state index in [2.05, 4.69) is 16.2 Å². The Morgan fingerprint density at radius 3 is 3.00 bits per heavy atom. The minimum atomic E-state index is -0.0901. The molecule has 0 aliphatic carbocycles. The van der Waals surface area contributed by atoms with Gasteiger partial charge in [0.2, 0.25) is 5.91 Å². The Hall–Kier alpha value is -1.80. The van der Waals surface area contributed by atoms with Crippen LogP contribution in [-0.2, 0) is 9.53 Å². The molecule has 3 rings (SSSR count). The van der Waals surface area contributed by atoms with Gasteiger partial charge in [-0.25, -0.2) is 0 Å². The molecule has 2 aliphatic rings. The van der Waals surface area contributed by atoms with E-state index in [1.54, 1.807) is 11.5 Å². The van der Waals surface area contributed by atoms with Gasteiger partial charge in [0, 0.05) is 43.9 Å². The number of carbonyl (C=O) groups is 2. The van der Waals surface area contributed by atoms with Crippen molar-refractivity contribution in [3.63, 3.8) is 0 Å². The highest BCUT2D eigenvalue weighted by Crippen LogP contribution is 2.36. The van der Waals surface area contributed by atoms with E-state index in [0.717, 1.165) is 6.42 Å². The van der Waals surface area contributed by atoms with Crippen LogP contribution in [0.25, 0.3) is 0 Å². The molecular weight excluding hydrogens is 340 g/mol. The fourth-order valence-corrected chi connectivity index (χ4v) is 4.39. The summed E-state index contributed by atoms with van der Waals surface area (Å²) in [6.07, 6.45) is 3.25. The molecule has 2 fully saturated rings. The minimum Gasteiger partial charge on any atom is -0.377 e. The Labute approximate surface area is 151 Å². The normalized spacial score (nSPS) is 26.9. The average Bonchev–Trinajstić information content (AvgIpc) is 3.05. The molecule has 0 bridgehead atoms. The summed E-state index contributed by atoms with van der Waals surface area (Å²) in [6, 6.07) is 0. The zero-order valence-corrected chi connectivity index (χ0v) is 15.3. The summed E-state index contributed by atoms with van der Waals surface area (Å²) in [4.78, 5) is 28.8. The van der Waals surface area contributed by atoms with Gasteiger partial charge in [-0.05, 0) is 30.3 Å². The van der Waals surface area contributed by atoms with Crippen molar-refractivity contribution in [2.45, 2.75) is 12.8 Å². The highest BCUT2D eigenvalue weighted by Gasteiger charge is 2.43. The summed E-state index contributed by atoms with van der Waals surface area (Å²) in [5.41, 5.74) is 0.393. The number of piperidine rings is 1.